The Labute approximate surface area is 106 Å². The number of carbonyl (C=O) groups excluding carboxylic acids is 1. The lowest BCUT2D eigenvalue weighted by Crippen LogP contribution is -2.15. The molecule has 1 aromatic carbocycles. The number of hydrogen-bond acceptors (Lipinski definition) is 4. The van der Waals surface area contributed by atoms with E-state index in [1.807, 2.05) is 13.0 Å². The third-order valence-corrected chi connectivity index (χ3v) is 2.46. The molecule has 1 rings (SSSR count). The quantitative estimate of drug-likeness (QED) is 0.756. The highest BCUT2D eigenvalue weighted by atomic mass is 16.5. The van der Waals surface area contributed by atoms with Gasteiger partial charge in [-0.2, -0.15) is 0 Å². The lowest BCUT2D eigenvalue weighted by Gasteiger charge is -2.12. The second-order valence-corrected chi connectivity index (χ2v) is 4.16. The minimum absolute atomic E-state index is 0.0179. The van der Waals surface area contributed by atoms with Gasteiger partial charge in [-0.25, -0.2) is 4.79 Å². The van der Waals surface area contributed by atoms with Gasteiger partial charge in [0.1, 0.15) is 0 Å². The number of aliphatic carboxylic acids is 1. The molecule has 5 heteroatoms. The van der Waals surface area contributed by atoms with E-state index in [2.05, 4.69) is 10.1 Å². The van der Waals surface area contributed by atoms with Crippen molar-refractivity contribution in [2.24, 2.45) is 5.92 Å². The number of carboxylic acids is 1. The third-order valence-electron chi connectivity index (χ3n) is 2.46. The first-order valence-electron chi connectivity index (χ1n) is 5.67. The van der Waals surface area contributed by atoms with Crippen LogP contribution in [0.15, 0.2) is 24.3 Å². The molecule has 98 valence electrons. The maximum Gasteiger partial charge on any atom is 0.337 e. The lowest BCUT2D eigenvalue weighted by molar-refractivity contribution is -0.137. The maximum absolute atomic E-state index is 11.3. The number of carboxylic acid groups (broad SMARTS) is 1. The molecule has 0 spiro atoms. The molecule has 0 amide bonds. The predicted molar refractivity (Wildman–Crippen MR) is 67.7 cm³/mol. The van der Waals surface area contributed by atoms with Gasteiger partial charge in [0.2, 0.25) is 0 Å². The van der Waals surface area contributed by atoms with E-state index < -0.39 is 11.9 Å². The molecular formula is C13H17NO4. The van der Waals surface area contributed by atoms with Crippen molar-refractivity contribution in [3.63, 3.8) is 0 Å². The van der Waals surface area contributed by atoms with Gasteiger partial charge in [-0.15, -0.1) is 0 Å². The van der Waals surface area contributed by atoms with E-state index in [9.17, 15) is 9.59 Å². The monoisotopic (exact) mass is 251 g/mol. The van der Waals surface area contributed by atoms with Crippen LogP contribution < -0.4 is 5.32 Å². The fraction of sp³-hybridized carbons (Fsp3) is 0.385. The number of nitrogens with one attached hydrogen (secondary N) is 1. The summed E-state index contributed by atoms with van der Waals surface area (Å²) in [6.45, 7) is 2.39. The van der Waals surface area contributed by atoms with Gasteiger partial charge >= 0.3 is 11.9 Å². The van der Waals surface area contributed by atoms with Crippen molar-refractivity contribution in [3.8, 4) is 0 Å². The van der Waals surface area contributed by atoms with Crippen LogP contribution in [0.4, 0.5) is 5.69 Å². The summed E-state index contributed by atoms with van der Waals surface area (Å²) in [5, 5.41) is 11.7. The fourth-order valence-corrected chi connectivity index (χ4v) is 1.54. The normalized spacial score (nSPS) is 11.7. The molecule has 5 nitrogen and oxygen atoms in total. The standard InChI is InChI=1S/C13H17NO4/c1-9(6-12(15)16)8-14-11-5-3-4-10(7-11)13(17)18-2/h3-5,7,9,14H,6,8H2,1-2H3,(H,15,16). The summed E-state index contributed by atoms with van der Waals surface area (Å²) >= 11 is 0. The molecule has 0 saturated heterocycles. The highest BCUT2D eigenvalue weighted by Gasteiger charge is 2.08. The number of hydrogen-bond donors (Lipinski definition) is 2. The van der Waals surface area contributed by atoms with Crippen LogP contribution in [0.2, 0.25) is 0 Å². The maximum atomic E-state index is 11.3. The average molecular weight is 251 g/mol. The van der Waals surface area contributed by atoms with E-state index in [1.165, 1.54) is 7.11 Å². The van der Waals surface area contributed by atoms with Gasteiger partial charge in [0.05, 0.1) is 12.7 Å². The first-order valence-corrected chi connectivity index (χ1v) is 5.67. The number of rotatable bonds is 6. The number of esters is 1. The minimum Gasteiger partial charge on any atom is -0.481 e. The van der Waals surface area contributed by atoms with E-state index in [1.54, 1.807) is 18.2 Å². The van der Waals surface area contributed by atoms with E-state index in [-0.39, 0.29) is 12.3 Å². The Hall–Kier alpha value is -2.04. The van der Waals surface area contributed by atoms with Crippen molar-refractivity contribution in [1.29, 1.82) is 0 Å². The van der Waals surface area contributed by atoms with Crippen molar-refractivity contribution in [1.82, 2.24) is 0 Å². The zero-order valence-corrected chi connectivity index (χ0v) is 10.5. The van der Waals surface area contributed by atoms with E-state index >= 15 is 0 Å². The molecule has 0 aliphatic rings. The highest BCUT2D eigenvalue weighted by molar-refractivity contribution is 5.90. The van der Waals surface area contributed by atoms with Gasteiger partial charge < -0.3 is 15.2 Å². The Bertz CT molecular complexity index is 431. The molecule has 2 N–H and O–H groups in total. The zero-order valence-electron chi connectivity index (χ0n) is 10.5. The van der Waals surface area contributed by atoms with E-state index in [0.717, 1.165) is 5.69 Å². The molecule has 18 heavy (non-hydrogen) atoms. The van der Waals surface area contributed by atoms with Crippen LogP contribution >= 0.6 is 0 Å². The summed E-state index contributed by atoms with van der Waals surface area (Å²) in [6, 6.07) is 6.91. The van der Waals surface area contributed by atoms with Crippen LogP contribution in [0.5, 0.6) is 0 Å². The third kappa shape index (κ3) is 4.45. The Morgan fingerprint density at radius 3 is 2.78 bits per heavy atom. The van der Waals surface area contributed by atoms with Crippen molar-refractivity contribution in [3.05, 3.63) is 29.8 Å². The van der Waals surface area contributed by atoms with Gasteiger partial charge in [-0.3, -0.25) is 4.79 Å². The average Bonchev–Trinajstić information content (AvgIpc) is 2.35. The number of ether oxygens (including phenoxy) is 1. The Balaban J connectivity index is 2.57. The molecule has 1 unspecified atom stereocenters. The molecular weight excluding hydrogens is 234 g/mol. The van der Waals surface area contributed by atoms with Crippen molar-refractivity contribution >= 4 is 17.6 Å². The fourth-order valence-electron chi connectivity index (χ4n) is 1.54. The van der Waals surface area contributed by atoms with Crippen LogP contribution in [0.25, 0.3) is 0 Å². The number of methoxy groups -OCH3 is 1. The van der Waals surface area contributed by atoms with Gasteiger partial charge in [-0.05, 0) is 24.1 Å². The van der Waals surface area contributed by atoms with Gasteiger partial charge in [0, 0.05) is 18.7 Å². The molecule has 0 aliphatic heterocycles. The summed E-state index contributed by atoms with van der Waals surface area (Å²) in [7, 11) is 1.33. The number of anilines is 1. The largest absolute Gasteiger partial charge is 0.481 e. The van der Waals surface area contributed by atoms with Crippen molar-refractivity contribution in [2.45, 2.75) is 13.3 Å². The van der Waals surface area contributed by atoms with E-state index in [4.69, 9.17) is 5.11 Å². The predicted octanol–water partition coefficient (Wildman–Crippen LogP) is 2.00. The molecule has 1 aromatic rings. The smallest absolute Gasteiger partial charge is 0.337 e. The Kier molecular flexibility index (Phi) is 5.17. The highest BCUT2D eigenvalue weighted by Crippen LogP contribution is 2.13. The topological polar surface area (TPSA) is 75.6 Å². The first kappa shape index (κ1) is 14.0. The molecule has 0 bridgehead atoms. The first-order chi connectivity index (χ1) is 8.52. The van der Waals surface area contributed by atoms with Crippen LogP contribution in [0.3, 0.4) is 0 Å². The van der Waals surface area contributed by atoms with Crippen LogP contribution in [0, 0.1) is 5.92 Å². The summed E-state index contributed by atoms with van der Waals surface area (Å²) in [5.74, 6) is -1.19. The van der Waals surface area contributed by atoms with E-state index in [0.29, 0.717) is 12.1 Å². The lowest BCUT2D eigenvalue weighted by atomic mass is 10.1. The molecule has 0 heterocycles. The molecule has 0 saturated carbocycles. The van der Waals surface area contributed by atoms with Crippen LogP contribution in [0.1, 0.15) is 23.7 Å². The SMILES string of the molecule is COC(=O)c1cccc(NCC(C)CC(=O)O)c1. The molecule has 0 aromatic heterocycles. The van der Waals surface area contributed by atoms with Gasteiger partial charge in [0.15, 0.2) is 0 Å². The summed E-state index contributed by atoms with van der Waals surface area (Å²) in [5.41, 5.74) is 1.24. The molecule has 0 fully saturated rings. The Morgan fingerprint density at radius 1 is 1.44 bits per heavy atom. The van der Waals surface area contributed by atoms with Crippen LogP contribution in [-0.4, -0.2) is 30.7 Å². The van der Waals surface area contributed by atoms with Crippen LogP contribution in [-0.2, 0) is 9.53 Å². The Morgan fingerprint density at radius 2 is 2.17 bits per heavy atom. The number of carbonyl (C=O) groups is 2. The second-order valence-electron chi connectivity index (χ2n) is 4.16. The summed E-state index contributed by atoms with van der Waals surface area (Å²) in [4.78, 5) is 21.8. The minimum atomic E-state index is -0.812. The van der Waals surface area contributed by atoms with Gasteiger partial charge in [0.25, 0.3) is 0 Å². The molecule has 0 radical (unpaired) electrons. The van der Waals surface area contributed by atoms with Gasteiger partial charge in [-0.1, -0.05) is 13.0 Å². The van der Waals surface area contributed by atoms with Crippen molar-refractivity contribution < 1.29 is 19.4 Å². The number of benzene rings is 1. The zero-order chi connectivity index (χ0) is 13.5. The molecule has 1 atom stereocenters. The summed E-state index contributed by atoms with van der Waals surface area (Å²) in [6.07, 6.45) is 0.115. The summed E-state index contributed by atoms with van der Waals surface area (Å²) < 4.78 is 4.63. The van der Waals surface area contributed by atoms with Crippen molar-refractivity contribution in [2.75, 3.05) is 19.0 Å². The second kappa shape index (κ2) is 6.64. The molecule has 0 aliphatic carbocycles.